The first-order valence-corrected chi connectivity index (χ1v) is 10.8. The van der Waals surface area contributed by atoms with Crippen LogP contribution in [0.15, 0.2) is 65.6 Å². The van der Waals surface area contributed by atoms with E-state index in [-0.39, 0.29) is 11.9 Å². The summed E-state index contributed by atoms with van der Waals surface area (Å²) in [4.78, 5) is 13.7. The minimum Gasteiger partial charge on any atom is -0.462 e. The summed E-state index contributed by atoms with van der Waals surface area (Å²) in [5.74, 6) is 0.323. The van der Waals surface area contributed by atoms with Gasteiger partial charge in [0.2, 0.25) is 0 Å². The van der Waals surface area contributed by atoms with Gasteiger partial charge in [-0.25, -0.2) is 4.79 Å². The van der Waals surface area contributed by atoms with Gasteiger partial charge in [-0.1, -0.05) is 53.1 Å². The van der Waals surface area contributed by atoms with Crippen molar-refractivity contribution in [2.75, 3.05) is 12.4 Å². The zero-order valence-corrected chi connectivity index (χ0v) is 17.1. The molecular weight excluding hydrogens is 363 g/mol. The van der Waals surface area contributed by atoms with E-state index in [0.29, 0.717) is 6.61 Å². The van der Waals surface area contributed by atoms with Crippen molar-refractivity contribution >= 4 is 26.2 Å². The van der Waals surface area contributed by atoms with Crippen molar-refractivity contribution in [3.05, 3.63) is 66.2 Å². The average Bonchev–Trinajstić information content (AvgIpc) is 2.69. The molecule has 0 heterocycles. The predicted molar refractivity (Wildman–Crippen MR) is 109 cm³/mol. The lowest BCUT2D eigenvalue weighted by Crippen LogP contribution is -2.40. The molecule has 0 saturated heterocycles. The molecule has 3 unspecified atom stereocenters. The molecule has 2 aromatic carbocycles. The molecule has 0 fully saturated rings. The van der Waals surface area contributed by atoms with Gasteiger partial charge in [0.1, 0.15) is 0 Å². The lowest BCUT2D eigenvalue weighted by molar-refractivity contribution is -0.147. The van der Waals surface area contributed by atoms with Crippen LogP contribution in [0.25, 0.3) is 0 Å². The van der Waals surface area contributed by atoms with Crippen molar-refractivity contribution in [3.63, 3.8) is 0 Å². The molecule has 3 atom stereocenters. The lowest BCUT2D eigenvalue weighted by atomic mass is 9.89. The van der Waals surface area contributed by atoms with Crippen molar-refractivity contribution in [2.24, 2.45) is 5.92 Å². The highest BCUT2D eigenvalue weighted by molar-refractivity contribution is 7.99. The van der Waals surface area contributed by atoms with E-state index in [0.717, 1.165) is 23.5 Å². The van der Waals surface area contributed by atoms with Gasteiger partial charge in [-0.3, -0.25) is 0 Å². The lowest BCUT2D eigenvalue weighted by Gasteiger charge is -2.25. The van der Waals surface area contributed by atoms with Gasteiger partial charge in [0.15, 0.2) is 0 Å². The summed E-state index contributed by atoms with van der Waals surface area (Å²) in [6.07, 6.45) is 1.63. The standard InChI is InChI=1S/C21H25O3PS/c1-3-24-20(22)21(2,25-23)18(15-14-17-10-6-4-7-11-17)16-26-19-12-8-5-9-13-19/h4-13,18H,3,14-16H2,1-2H3/p+1. The number of thioether (sulfide) groups is 1. The third-order valence-electron chi connectivity index (χ3n) is 4.55. The summed E-state index contributed by atoms with van der Waals surface area (Å²) < 4.78 is 17.3. The largest absolute Gasteiger partial charge is 0.462 e. The Balaban J connectivity index is 2.15. The number of rotatable bonds is 10. The normalized spacial score (nSPS) is 14.5. The van der Waals surface area contributed by atoms with E-state index in [4.69, 9.17) is 4.74 Å². The topological polar surface area (TPSA) is 43.4 Å². The number of carbonyl (C=O) groups is 1. The van der Waals surface area contributed by atoms with Gasteiger partial charge < -0.3 is 4.74 Å². The number of carbonyl (C=O) groups excluding carboxylic acids is 1. The second-order valence-electron chi connectivity index (χ2n) is 6.37. The number of hydrogen-bond acceptors (Lipinski definition) is 4. The summed E-state index contributed by atoms with van der Waals surface area (Å²) in [5, 5.41) is -0.980. The summed E-state index contributed by atoms with van der Waals surface area (Å²) in [5.41, 5.74) is 1.22. The van der Waals surface area contributed by atoms with E-state index >= 15 is 0 Å². The number of benzene rings is 2. The Bertz CT molecular complexity index is 649. The third-order valence-corrected chi connectivity index (χ3v) is 6.76. The Kier molecular flexibility index (Phi) is 8.34. The summed E-state index contributed by atoms with van der Waals surface area (Å²) in [6.45, 7) is 3.86. The molecule has 0 bridgehead atoms. The highest BCUT2D eigenvalue weighted by Crippen LogP contribution is 2.39. The van der Waals surface area contributed by atoms with Crippen LogP contribution in [0.1, 0.15) is 25.8 Å². The van der Waals surface area contributed by atoms with E-state index in [1.165, 1.54) is 5.56 Å². The Morgan fingerprint density at radius 2 is 1.73 bits per heavy atom. The summed E-state index contributed by atoms with van der Waals surface area (Å²) in [7, 11) is -0.731. The molecule has 0 amide bonds. The van der Waals surface area contributed by atoms with Crippen molar-refractivity contribution in [3.8, 4) is 0 Å². The molecule has 0 radical (unpaired) electrons. The first-order valence-electron chi connectivity index (χ1n) is 8.88. The molecule has 0 N–H and O–H groups in total. The van der Waals surface area contributed by atoms with Crippen LogP contribution < -0.4 is 0 Å². The molecule has 0 saturated carbocycles. The van der Waals surface area contributed by atoms with E-state index < -0.39 is 13.6 Å². The van der Waals surface area contributed by atoms with Crippen LogP contribution in [-0.4, -0.2) is 23.5 Å². The smallest absolute Gasteiger partial charge is 0.361 e. The average molecular weight is 389 g/mol. The Hall–Kier alpha value is -1.64. The Morgan fingerprint density at radius 1 is 1.12 bits per heavy atom. The molecule has 0 aromatic heterocycles. The molecule has 0 aliphatic carbocycles. The quantitative estimate of drug-likeness (QED) is 0.311. The molecule has 0 aliphatic heterocycles. The maximum Gasteiger partial charge on any atom is 0.361 e. The fourth-order valence-electron chi connectivity index (χ4n) is 2.81. The van der Waals surface area contributed by atoms with E-state index in [2.05, 4.69) is 24.3 Å². The molecule has 26 heavy (non-hydrogen) atoms. The van der Waals surface area contributed by atoms with E-state index in [1.54, 1.807) is 25.6 Å². The van der Waals surface area contributed by atoms with Gasteiger partial charge >= 0.3 is 14.4 Å². The summed E-state index contributed by atoms with van der Waals surface area (Å²) in [6, 6.07) is 20.3. The first kappa shape index (κ1) is 20.7. The van der Waals surface area contributed by atoms with Gasteiger partial charge in [-0.15, -0.1) is 11.8 Å². The number of esters is 1. The molecule has 2 rings (SSSR count). The number of ether oxygens (including phenoxy) is 1. The second-order valence-corrected chi connectivity index (χ2v) is 8.71. The van der Waals surface area contributed by atoms with Crippen molar-refractivity contribution in [1.29, 1.82) is 0 Å². The first-order chi connectivity index (χ1) is 12.6. The van der Waals surface area contributed by atoms with Gasteiger partial charge in [0.05, 0.1) is 6.61 Å². The van der Waals surface area contributed by atoms with Crippen molar-refractivity contribution in [2.45, 2.75) is 36.7 Å². The van der Waals surface area contributed by atoms with Crippen LogP contribution in [-0.2, 0) is 20.5 Å². The highest BCUT2D eigenvalue weighted by atomic mass is 32.2. The van der Waals surface area contributed by atoms with Crippen LogP contribution in [0.5, 0.6) is 0 Å². The van der Waals surface area contributed by atoms with Crippen molar-refractivity contribution in [1.82, 2.24) is 0 Å². The van der Waals surface area contributed by atoms with Crippen LogP contribution in [0.2, 0.25) is 0 Å². The van der Waals surface area contributed by atoms with Gasteiger partial charge in [-0.2, -0.15) is 0 Å². The number of aryl methyl sites for hydroxylation is 1. The molecule has 2 aromatic rings. The fraction of sp³-hybridized carbons (Fsp3) is 0.381. The minimum atomic E-state index is -0.980. The third kappa shape index (κ3) is 5.69. The maximum absolute atomic E-state index is 12.5. The molecule has 0 spiro atoms. The van der Waals surface area contributed by atoms with E-state index in [9.17, 15) is 9.36 Å². The van der Waals surface area contributed by atoms with Gasteiger partial charge in [0, 0.05) is 16.6 Å². The Labute approximate surface area is 161 Å². The Morgan fingerprint density at radius 3 is 2.31 bits per heavy atom. The molecule has 5 heteroatoms. The molecule has 0 aliphatic rings. The maximum atomic E-state index is 12.5. The fourth-order valence-corrected chi connectivity index (χ4v) is 4.77. The monoisotopic (exact) mass is 389 g/mol. The van der Waals surface area contributed by atoms with Crippen LogP contribution in [0, 0.1) is 5.92 Å². The molecule has 138 valence electrons. The minimum absolute atomic E-state index is 0.0391. The van der Waals surface area contributed by atoms with Crippen LogP contribution in [0.3, 0.4) is 0 Å². The van der Waals surface area contributed by atoms with Gasteiger partial charge in [-0.05, 0) is 44.4 Å². The SMILES string of the molecule is CCOC(=O)C(C)([PH+]=O)C(CCc1ccccc1)CSc1ccccc1. The molecular formula is C21H26O3PS+. The van der Waals surface area contributed by atoms with Crippen molar-refractivity contribution < 1.29 is 14.1 Å². The predicted octanol–water partition coefficient (Wildman–Crippen LogP) is 5.37. The zero-order valence-electron chi connectivity index (χ0n) is 15.3. The second kappa shape index (κ2) is 10.5. The zero-order chi connectivity index (χ0) is 18.8. The van der Waals surface area contributed by atoms with E-state index in [1.807, 2.05) is 36.4 Å². The number of hydrogen-bond donors (Lipinski definition) is 0. The summed E-state index contributed by atoms with van der Waals surface area (Å²) >= 11 is 1.70. The molecule has 3 nitrogen and oxygen atoms in total. The highest BCUT2D eigenvalue weighted by Gasteiger charge is 2.50. The van der Waals surface area contributed by atoms with Gasteiger partial charge in [0.25, 0.3) is 5.16 Å². The van der Waals surface area contributed by atoms with Crippen LogP contribution >= 0.6 is 20.2 Å². The van der Waals surface area contributed by atoms with Crippen LogP contribution in [0.4, 0.5) is 0 Å².